The smallest absolute Gasteiger partial charge is 0.286 e. The van der Waals surface area contributed by atoms with Crippen LogP contribution in [-0.2, 0) is 24.3 Å². The van der Waals surface area contributed by atoms with Gasteiger partial charge in [-0.2, -0.15) is 0 Å². The Morgan fingerprint density at radius 1 is 1.23 bits per heavy atom. The molecule has 2 N–H and O–H groups in total. The zero-order chi connectivity index (χ0) is 21.8. The van der Waals surface area contributed by atoms with Crippen LogP contribution in [0.4, 0.5) is 0 Å². The summed E-state index contributed by atoms with van der Waals surface area (Å²) in [6.45, 7) is 3.24. The van der Waals surface area contributed by atoms with Crippen LogP contribution in [0, 0.1) is 0 Å². The summed E-state index contributed by atoms with van der Waals surface area (Å²) < 4.78 is 3.88. The van der Waals surface area contributed by atoms with Crippen molar-refractivity contribution in [2.24, 2.45) is 0 Å². The predicted octanol–water partition coefficient (Wildman–Crippen LogP) is 2.36. The average Bonchev–Trinajstić information content (AvgIpc) is 3.38. The summed E-state index contributed by atoms with van der Waals surface area (Å²) in [6, 6.07) is 3.70. The number of pyridine rings is 1. The number of imidazole rings is 1. The van der Waals surface area contributed by atoms with E-state index in [4.69, 9.17) is 0 Å². The first-order valence-corrected chi connectivity index (χ1v) is 11.1. The number of nitrogens with zero attached hydrogens (tertiary/aromatic N) is 6. The number of H-pyrrole nitrogens is 1. The van der Waals surface area contributed by atoms with E-state index in [1.54, 1.807) is 12.4 Å². The zero-order valence-corrected chi connectivity index (χ0v) is 18.7. The number of carbonyl (C=O) groups is 1. The highest BCUT2D eigenvalue weighted by molar-refractivity contribution is 9.10. The molecule has 0 bridgehead atoms. The Hall–Kier alpha value is -3.08. The molecule has 4 aromatic heterocycles. The summed E-state index contributed by atoms with van der Waals surface area (Å²) in [5.74, 6) is 0.776. The van der Waals surface area contributed by atoms with E-state index in [-0.39, 0.29) is 17.9 Å². The minimum Gasteiger partial charge on any atom is -0.352 e. The molecule has 0 aliphatic heterocycles. The van der Waals surface area contributed by atoms with Gasteiger partial charge in [-0.15, -0.1) is 10.2 Å². The van der Waals surface area contributed by atoms with Gasteiger partial charge < -0.3 is 10.3 Å². The molecule has 0 saturated carbocycles. The maximum atomic E-state index is 13.1. The van der Waals surface area contributed by atoms with Gasteiger partial charge in [-0.25, -0.2) is 9.38 Å². The van der Waals surface area contributed by atoms with Crippen LogP contribution in [0.3, 0.4) is 0 Å². The van der Waals surface area contributed by atoms with Gasteiger partial charge in [-0.1, -0.05) is 19.8 Å². The summed E-state index contributed by atoms with van der Waals surface area (Å²) in [4.78, 5) is 36.7. The maximum absolute atomic E-state index is 13.1. The number of halogens is 1. The molecule has 31 heavy (non-hydrogen) atoms. The zero-order valence-electron chi connectivity index (χ0n) is 17.1. The van der Waals surface area contributed by atoms with Crippen molar-refractivity contribution in [2.45, 2.75) is 52.1 Å². The Kier molecular flexibility index (Phi) is 6.40. The van der Waals surface area contributed by atoms with E-state index in [2.05, 4.69) is 53.3 Å². The number of fused-ring (bicyclic) bond motifs is 2. The minimum absolute atomic E-state index is 0.123. The number of hydrogen-bond acceptors (Lipinski definition) is 6. The lowest BCUT2D eigenvalue weighted by Gasteiger charge is -2.09. The van der Waals surface area contributed by atoms with Crippen LogP contribution < -0.4 is 10.9 Å². The molecule has 0 atom stereocenters. The number of carbonyl (C=O) groups excluding carboxylic acids is 1. The van der Waals surface area contributed by atoms with E-state index < -0.39 is 0 Å². The summed E-state index contributed by atoms with van der Waals surface area (Å²) in [5, 5.41) is 11.3. The van der Waals surface area contributed by atoms with Gasteiger partial charge in [0.15, 0.2) is 15.9 Å². The van der Waals surface area contributed by atoms with E-state index in [0.29, 0.717) is 47.0 Å². The number of amides is 1. The normalized spacial score (nSPS) is 11.4. The Morgan fingerprint density at radius 3 is 2.81 bits per heavy atom. The van der Waals surface area contributed by atoms with Crippen molar-refractivity contribution in [3.05, 3.63) is 51.0 Å². The standard InChI is InChI=1S/C20H23BrN8O2/c1-2-3-4-11-28-17-16(24-19(21)25-17)18(31)29-14(26-27-20(28)29)5-6-15(30)23-12-13-7-9-22-10-8-13/h7-10H,2-6,11-12H2,1H3,(H,23,30)(H,24,25). The lowest BCUT2D eigenvalue weighted by atomic mass is 10.2. The molecule has 0 radical (unpaired) electrons. The van der Waals surface area contributed by atoms with Crippen molar-refractivity contribution in [1.82, 2.24) is 39.4 Å². The number of aromatic nitrogens is 7. The quantitative estimate of drug-likeness (QED) is 0.276. The van der Waals surface area contributed by atoms with Crippen LogP contribution >= 0.6 is 15.9 Å². The van der Waals surface area contributed by atoms with Crippen LogP contribution in [0.1, 0.15) is 44.0 Å². The maximum Gasteiger partial charge on any atom is 0.286 e. The Labute approximate surface area is 186 Å². The lowest BCUT2D eigenvalue weighted by molar-refractivity contribution is -0.121. The molecule has 4 heterocycles. The molecule has 162 valence electrons. The van der Waals surface area contributed by atoms with Crippen molar-refractivity contribution in [3.8, 4) is 0 Å². The summed E-state index contributed by atoms with van der Waals surface area (Å²) in [7, 11) is 0. The lowest BCUT2D eigenvalue weighted by Crippen LogP contribution is -2.24. The third-order valence-corrected chi connectivity index (χ3v) is 5.46. The van der Waals surface area contributed by atoms with Gasteiger partial charge in [0.1, 0.15) is 5.82 Å². The highest BCUT2D eigenvalue weighted by atomic mass is 79.9. The fraction of sp³-hybridized carbons (Fsp3) is 0.400. The summed E-state index contributed by atoms with van der Waals surface area (Å²) in [5.41, 5.74) is 1.64. The van der Waals surface area contributed by atoms with Crippen LogP contribution in [0.5, 0.6) is 0 Å². The third kappa shape index (κ3) is 4.50. The summed E-state index contributed by atoms with van der Waals surface area (Å²) >= 11 is 3.32. The second-order valence-electron chi connectivity index (χ2n) is 7.27. The van der Waals surface area contributed by atoms with Gasteiger partial charge in [0.25, 0.3) is 5.56 Å². The van der Waals surface area contributed by atoms with Crippen molar-refractivity contribution in [2.75, 3.05) is 0 Å². The number of nitrogens with one attached hydrogen (secondary N) is 2. The first-order chi connectivity index (χ1) is 15.1. The number of aryl methyl sites for hydroxylation is 2. The fourth-order valence-corrected chi connectivity index (χ4v) is 3.85. The Bertz CT molecular complexity index is 1260. The third-order valence-electron chi connectivity index (χ3n) is 5.08. The highest BCUT2D eigenvalue weighted by Crippen LogP contribution is 2.17. The Morgan fingerprint density at radius 2 is 2.03 bits per heavy atom. The fourth-order valence-electron chi connectivity index (χ4n) is 3.48. The number of rotatable bonds is 9. The monoisotopic (exact) mass is 486 g/mol. The number of hydrogen-bond donors (Lipinski definition) is 2. The first kappa shape index (κ1) is 21.2. The van der Waals surface area contributed by atoms with Crippen LogP contribution in [-0.4, -0.2) is 40.0 Å². The molecule has 0 aromatic carbocycles. The molecule has 1 amide bonds. The molecule has 10 nitrogen and oxygen atoms in total. The second kappa shape index (κ2) is 9.38. The van der Waals surface area contributed by atoms with E-state index in [9.17, 15) is 9.59 Å². The largest absolute Gasteiger partial charge is 0.352 e. The van der Waals surface area contributed by atoms with Gasteiger partial charge in [0.05, 0.1) is 0 Å². The van der Waals surface area contributed by atoms with Crippen molar-refractivity contribution in [3.63, 3.8) is 0 Å². The average molecular weight is 487 g/mol. The Balaban J connectivity index is 1.57. The van der Waals surface area contributed by atoms with E-state index >= 15 is 0 Å². The molecule has 11 heteroatoms. The molecule has 4 rings (SSSR count). The minimum atomic E-state index is -0.271. The molecule has 0 aliphatic rings. The van der Waals surface area contributed by atoms with Crippen molar-refractivity contribution in [1.29, 1.82) is 0 Å². The second-order valence-corrected chi connectivity index (χ2v) is 8.03. The van der Waals surface area contributed by atoms with Gasteiger partial charge in [0, 0.05) is 38.3 Å². The number of aromatic amines is 1. The van der Waals surface area contributed by atoms with Gasteiger partial charge >= 0.3 is 0 Å². The molecule has 0 unspecified atom stereocenters. The van der Waals surface area contributed by atoms with Crippen LogP contribution in [0.15, 0.2) is 34.1 Å². The molecule has 0 spiro atoms. The molecular formula is C20H23BrN8O2. The topological polar surface area (TPSA) is 123 Å². The van der Waals surface area contributed by atoms with Crippen molar-refractivity contribution < 1.29 is 4.79 Å². The first-order valence-electron chi connectivity index (χ1n) is 10.3. The van der Waals surface area contributed by atoms with Gasteiger partial charge in [0.2, 0.25) is 11.7 Å². The van der Waals surface area contributed by atoms with E-state index in [1.807, 2.05) is 16.7 Å². The van der Waals surface area contributed by atoms with E-state index in [0.717, 1.165) is 24.8 Å². The SMILES string of the molecule is CCCCCn1c2nc(Br)[nH]c2c(=O)n2c(CCC(=O)NCc3ccncc3)nnc12. The highest BCUT2D eigenvalue weighted by Gasteiger charge is 2.19. The van der Waals surface area contributed by atoms with Gasteiger partial charge in [-0.05, 0) is 40.0 Å². The molecular weight excluding hydrogens is 464 g/mol. The number of unbranched alkanes of at least 4 members (excludes halogenated alkanes) is 2. The molecule has 0 aliphatic carbocycles. The van der Waals surface area contributed by atoms with Crippen molar-refractivity contribution >= 4 is 38.8 Å². The van der Waals surface area contributed by atoms with Crippen LogP contribution in [0.2, 0.25) is 0 Å². The molecule has 4 aromatic rings. The van der Waals surface area contributed by atoms with Crippen LogP contribution in [0.25, 0.3) is 16.9 Å². The molecule has 0 fully saturated rings. The van der Waals surface area contributed by atoms with E-state index in [1.165, 1.54) is 4.40 Å². The predicted molar refractivity (Wildman–Crippen MR) is 119 cm³/mol. The summed E-state index contributed by atoms with van der Waals surface area (Å²) in [6.07, 6.45) is 6.95. The molecule has 0 saturated heterocycles. The van der Waals surface area contributed by atoms with Gasteiger partial charge in [-0.3, -0.25) is 19.1 Å².